The molecule has 7 heteroatoms. The van der Waals surface area contributed by atoms with Gasteiger partial charge in [-0.3, -0.25) is 9.59 Å². The molecule has 0 aliphatic carbocycles. The van der Waals surface area contributed by atoms with E-state index in [2.05, 4.69) is 44.4 Å². The lowest BCUT2D eigenvalue weighted by Crippen LogP contribution is -2.32. The number of carboxylic acid groups (broad SMARTS) is 1. The van der Waals surface area contributed by atoms with Crippen LogP contribution in [0.25, 0.3) is 0 Å². The molecule has 0 radical (unpaired) electrons. The van der Waals surface area contributed by atoms with Crippen LogP contribution in [0.15, 0.2) is 0 Å². The second-order valence-corrected chi connectivity index (χ2v) is 22.0. The van der Waals surface area contributed by atoms with Crippen LogP contribution < -0.4 is 0 Å². The summed E-state index contributed by atoms with van der Waals surface area (Å²) in [5.41, 5.74) is 0. The van der Waals surface area contributed by atoms with Crippen LogP contribution in [0.4, 0.5) is 0 Å². The average Bonchev–Trinajstić information content (AvgIpc) is 3.37. The quantitative estimate of drug-likeness (QED) is 0.0369. The highest BCUT2D eigenvalue weighted by Gasteiger charge is 2.11. The third-order valence-corrected chi connectivity index (χ3v) is 15.1. The third kappa shape index (κ3) is 61.3. The third-order valence-electron chi connectivity index (χ3n) is 15.1. The van der Waals surface area contributed by atoms with Gasteiger partial charge in [0, 0.05) is 19.5 Å². The standard InChI is InChI=1S/C63H128N2O3.CH2O2/c1-6-11-16-21-26-35-44-53-64(54-45-36-27-22-17-12-7-2)57-60-67-61-58-65(56-47-38-30-34-43-52-63(66)68-59-48-39-28-23-18-13-8-3)55-46-37-29-33-42-51-62(49-40-31-24-19-14-9-4)50-41-32-25-20-15-10-5;2-1-3/h62H,6-61H2,1-5H3;1H,(H,2,3). The van der Waals surface area contributed by atoms with Crippen LogP contribution >= 0.6 is 0 Å². The van der Waals surface area contributed by atoms with E-state index in [4.69, 9.17) is 19.4 Å². The highest BCUT2D eigenvalue weighted by atomic mass is 16.5. The molecule has 0 saturated carbocycles. The fourth-order valence-corrected chi connectivity index (χ4v) is 10.4. The Balaban J connectivity index is 0. The number of hydrogen-bond donors (Lipinski definition) is 1. The molecule has 7 nitrogen and oxygen atoms in total. The minimum atomic E-state index is -0.250. The second-order valence-electron chi connectivity index (χ2n) is 22.0. The summed E-state index contributed by atoms with van der Waals surface area (Å²) in [5.74, 6) is 0.992. The number of carbonyl (C=O) groups is 2. The fraction of sp³-hybridized carbons (Fsp3) is 0.969. The van der Waals surface area contributed by atoms with Crippen molar-refractivity contribution < 1.29 is 24.2 Å². The van der Waals surface area contributed by atoms with Crippen molar-refractivity contribution >= 4 is 12.4 Å². The highest BCUT2D eigenvalue weighted by Crippen LogP contribution is 2.25. The van der Waals surface area contributed by atoms with E-state index in [0.29, 0.717) is 13.0 Å². The molecule has 426 valence electrons. The van der Waals surface area contributed by atoms with Gasteiger partial charge in [-0.25, -0.2) is 0 Å². The largest absolute Gasteiger partial charge is 0.483 e. The summed E-state index contributed by atoms with van der Waals surface area (Å²) in [6.07, 6.45) is 63.3. The topological polar surface area (TPSA) is 79.3 Å². The number of rotatable bonds is 60. The van der Waals surface area contributed by atoms with Gasteiger partial charge in [-0.15, -0.1) is 0 Å². The SMILES string of the molecule is CCCCCCCCCOC(=O)CCCCCCCN(CCCCCCCC(CCCCCCCC)CCCCCCCC)CCOCCN(CCCCCCCCC)CCCCCCCCC.O=CO. The Labute approximate surface area is 446 Å². The first-order valence-electron chi connectivity index (χ1n) is 32.3. The second kappa shape index (κ2) is 64.9. The lowest BCUT2D eigenvalue weighted by Gasteiger charge is -2.24. The lowest BCUT2D eigenvalue weighted by molar-refractivity contribution is -0.143. The molecule has 71 heavy (non-hydrogen) atoms. The first-order valence-corrected chi connectivity index (χ1v) is 32.3. The molecule has 0 rings (SSSR count). The number of nitrogens with zero attached hydrogens (tertiary/aromatic N) is 2. The van der Waals surface area contributed by atoms with Gasteiger partial charge < -0.3 is 24.4 Å². The number of unbranched alkanes of at least 4 members (excludes halogenated alkanes) is 36. The molecule has 1 N–H and O–H groups in total. The van der Waals surface area contributed by atoms with Crippen LogP contribution in [-0.2, 0) is 19.1 Å². The Bertz CT molecular complexity index is 949. The zero-order valence-electron chi connectivity index (χ0n) is 49.2. The smallest absolute Gasteiger partial charge is 0.305 e. The summed E-state index contributed by atoms with van der Waals surface area (Å²) < 4.78 is 12.0. The summed E-state index contributed by atoms with van der Waals surface area (Å²) in [6.45, 7) is 20.7. The molecule has 0 unspecified atom stereocenters. The first-order chi connectivity index (χ1) is 35.0. The summed E-state index contributed by atoms with van der Waals surface area (Å²) in [5, 5.41) is 6.89. The van der Waals surface area contributed by atoms with Gasteiger partial charge in [0.2, 0.25) is 0 Å². The predicted molar refractivity (Wildman–Crippen MR) is 312 cm³/mol. The van der Waals surface area contributed by atoms with E-state index < -0.39 is 0 Å². The molecule has 0 amide bonds. The Morgan fingerprint density at radius 3 is 0.915 bits per heavy atom. The van der Waals surface area contributed by atoms with E-state index in [1.54, 1.807) is 0 Å². The molecular weight excluding hydrogens is 877 g/mol. The molecule has 0 atom stereocenters. The van der Waals surface area contributed by atoms with Crippen molar-refractivity contribution in [3.05, 3.63) is 0 Å². The minimum Gasteiger partial charge on any atom is -0.483 e. The number of carbonyl (C=O) groups excluding carboxylic acids is 1. The number of ether oxygens (including phenoxy) is 2. The molecule has 0 saturated heterocycles. The molecule has 0 aliphatic rings. The zero-order valence-corrected chi connectivity index (χ0v) is 49.2. The summed E-state index contributed by atoms with van der Waals surface area (Å²) in [4.78, 5) is 26.1. The van der Waals surface area contributed by atoms with Crippen molar-refractivity contribution in [2.45, 2.75) is 336 Å². The fourth-order valence-electron chi connectivity index (χ4n) is 10.4. The van der Waals surface area contributed by atoms with Crippen LogP contribution in [0.1, 0.15) is 336 Å². The molecule has 0 bridgehead atoms. The molecule has 0 fully saturated rings. The van der Waals surface area contributed by atoms with Gasteiger partial charge >= 0.3 is 5.97 Å². The Morgan fingerprint density at radius 2 is 0.606 bits per heavy atom. The van der Waals surface area contributed by atoms with Gasteiger partial charge in [-0.1, -0.05) is 291 Å². The molecular formula is C64H130N2O5. The molecule has 0 heterocycles. The van der Waals surface area contributed by atoms with Gasteiger partial charge in [-0.2, -0.15) is 0 Å². The number of esters is 1. The van der Waals surface area contributed by atoms with Crippen LogP contribution in [0.5, 0.6) is 0 Å². The normalized spacial score (nSPS) is 11.5. The monoisotopic (exact) mass is 1010 g/mol. The van der Waals surface area contributed by atoms with Crippen LogP contribution in [0.3, 0.4) is 0 Å². The molecule has 0 aromatic carbocycles. The van der Waals surface area contributed by atoms with E-state index in [1.807, 2.05) is 0 Å². The first kappa shape index (κ1) is 71.9. The molecule has 0 aromatic rings. The Kier molecular flexibility index (Phi) is 65.8. The summed E-state index contributed by atoms with van der Waals surface area (Å²) in [6, 6.07) is 0. The molecule has 0 aliphatic heterocycles. The molecule has 0 aromatic heterocycles. The van der Waals surface area contributed by atoms with Crippen molar-refractivity contribution in [2.75, 3.05) is 59.1 Å². The predicted octanol–water partition coefficient (Wildman–Crippen LogP) is 19.9. The maximum atomic E-state index is 12.3. The maximum absolute atomic E-state index is 12.3. The van der Waals surface area contributed by atoms with E-state index in [-0.39, 0.29) is 12.4 Å². The van der Waals surface area contributed by atoms with Gasteiger partial charge in [0.05, 0.1) is 19.8 Å². The van der Waals surface area contributed by atoms with Crippen molar-refractivity contribution in [1.29, 1.82) is 0 Å². The Hall–Kier alpha value is -1.18. The highest BCUT2D eigenvalue weighted by molar-refractivity contribution is 5.69. The van der Waals surface area contributed by atoms with Crippen LogP contribution in [0.2, 0.25) is 0 Å². The van der Waals surface area contributed by atoms with Gasteiger partial charge in [0.15, 0.2) is 0 Å². The van der Waals surface area contributed by atoms with E-state index in [0.717, 1.165) is 51.5 Å². The van der Waals surface area contributed by atoms with E-state index in [9.17, 15) is 4.79 Å². The van der Waals surface area contributed by atoms with E-state index >= 15 is 0 Å². The molecule has 0 spiro atoms. The van der Waals surface area contributed by atoms with Crippen molar-refractivity contribution in [2.24, 2.45) is 5.92 Å². The van der Waals surface area contributed by atoms with Crippen LogP contribution in [-0.4, -0.2) is 86.4 Å². The summed E-state index contributed by atoms with van der Waals surface area (Å²) in [7, 11) is 0. The van der Waals surface area contributed by atoms with Crippen molar-refractivity contribution in [3.8, 4) is 0 Å². The van der Waals surface area contributed by atoms with Crippen LogP contribution in [0, 0.1) is 5.92 Å². The Morgan fingerprint density at radius 1 is 0.352 bits per heavy atom. The van der Waals surface area contributed by atoms with Gasteiger partial charge in [0.25, 0.3) is 6.47 Å². The van der Waals surface area contributed by atoms with E-state index in [1.165, 1.54) is 302 Å². The lowest BCUT2D eigenvalue weighted by atomic mass is 9.89. The zero-order chi connectivity index (χ0) is 52.0. The van der Waals surface area contributed by atoms with Gasteiger partial charge in [0.1, 0.15) is 0 Å². The van der Waals surface area contributed by atoms with Gasteiger partial charge in [-0.05, 0) is 70.6 Å². The summed E-state index contributed by atoms with van der Waals surface area (Å²) >= 11 is 0. The van der Waals surface area contributed by atoms with Crippen molar-refractivity contribution in [3.63, 3.8) is 0 Å². The minimum absolute atomic E-state index is 0.0158. The van der Waals surface area contributed by atoms with Crippen molar-refractivity contribution in [1.82, 2.24) is 9.80 Å². The number of hydrogen-bond acceptors (Lipinski definition) is 6. The average molecular weight is 1010 g/mol. The maximum Gasteiger partial charge on any atom is 0.305 e.